The predicted octanol–water partition coefficient (Wildman–Crippen LogP) is 3.39. The van der Waals surface area contributed by atoms with E-state index in [-0.39, 0.29) is 17.7 Å². The predicted molar refractivity (Wildman–Crippen MR) is 103 cm³/mol. The number of nitrogens with zero attached hydrogens (tertiary/aromatic N) is 2. The van der Waals surface area contributed by atoms with Crippen LogP contribution in [-0.4, -0.2) is 40.3 Å². The number of rotatable bonds is 7. The first kappa shape index (κ1) is 18.9. The van der Waals surface area contributed by atoms with Gasteiger partial charge in [-0.05, 0) is 44.0 Å². The third kappa shape index (κ3) is 3.94. The topological polar surface area (TPSA) is 71.5 Å². The minimum Gasteiger partial charge on any atom is -0.438 e. The molecule has 1 aliphatic rings. The number of aromatic nitrogens is 1. The van der Waals surface area contributed by atoms with Gasteiger partial charge in [-0.15, -0.1) is 0 Å². The lowest BCUT2D eigenvalue weighted by molar-refractivity contribution is -0.137. The van der Waals surface area contributed by atoms with Crippen molar-refractivity contribution in [2.45, 2.75) is 38.6 Å². The average Bonchev–Trinajstić information content (AvgIpc) is 2.67. The van der Waals surface area contributed by atoms with Gasteiger partial charge in [-0.3, -0.25) is 9.59 Å². The van der Waals surface area contributed by atoms with E-state index in [1.165, 1.54) is 0 Å². The van der Waals surface area contributed by atoms with Crippen molar-refractivity contribution in [3.05, 3.63) is 54.2 Å². The van der Waals surface area contributed by atoms with Crippen molar-refractivity contribution in [3.63, 3.8) is 0 Å². The van der Waals surface area contributed by atoms with Gasteiger partial charge >= 0.3 is 0 Å². The molecule has 0 radical (unpaired) electrons. The molecule has 2 aromatic rings. The van der Waals surface area contributed by atoms with E-state index in [4.69, 9.17) is 4.74 Å². The Morgan fingerprint density at radius 2 is 2.00 bits per heavy atom. The SMILES string of the molecule is CCCCNC(=O)C1(C)CCN1C(=O)c1cccnc1Oc1ccccc1. The first-order valence-corrected chi connectivity index (χ1v) is 9.34. The fraction of sp³-hybridized carbons (Fsp3) is 0.381. The number of likely N-dealkylation sites (tertiary alicyclic amines) is 1. The number of para-hydroxylation sites is 1. The van der Waals surface area contributed by atoms with E-state index < -0.39 is 5.54 Å². The van der Waals surface area contributed by atoms with Crippen LogP contribution in [0.15, 0.2) is 48.7 Å². The Balaban J connectivity index is 1.77. The van der Waals surface area contributed by atoms with Gasteiger partial charge in [0.15, 0.2) is 0 Å². The van der Waals surface area contributed by atoms with Crippen LogP contribution < -0.4 is 10.1 Å². The molecular weight excluding hydrogens is 342 g/mol. The number of benzene rings is 1. The summed E-state index contributed by atoms with van der Waals surface area (Å²) in [4.78, 5) is 31.5. The second kappa shape index (κ2) is 8.20. The van der Waals surface area contributed by atoms with Crippen LogP contribution in [0.1, 0.15) is 43.5 Å². The summed E-state index contributed by atoms with van der Waals surface area (Å²) < 4.78 is 5.80. The molecule has 1 atom stereocenters. The highest BCUT2D eigenvalue weighted by Crippen LogP contribution is 2.34. The fourth-order valence-electron chi connectivity index (χ4n) is 3.07. The normalized spacial score (nSPS) is 18.5. The number of pyridine rings is 1. The van der Waals surface area contributed by atoms with Crippen molar-refractivity contribution >= 4 is 11.8 Å². The van der Waals surface area contributed by atoms with Crippen LogP contribution in [0.25, 0.3) is 0 Å². The van der Waals surface area contributed by atoms with E-state index in [1.807, 2.05) is 25.1 Å². The van der Waals surface area contributed by atoms with Gasteiger partial charge in [-0.25, -0.2) is 4.98 Å². The van der Waals surface area contributed by atoms with Crippen molar-refractivity contribution in [2.75, 3.05) is 13.1 Å². The van der Waals surface area contributed by atoms with Crippen LogP contribution in [0.3, 0.4) is 0 Å². The largest absolute Gasteiger partial charge is 0.438 e. The van der Waals surface area contributed by atoms with Crippen LogP contribution in [0.4, 0.5) is 0 Å². The second-order valence-corrected chi connectivity index (χ2v) is 6.86. The molecule has 6 nitrogen and oxygen atoms in total. The minimum absolute atomic E-state index is 0.107. The smallest absolute Gasteiger partial charge is 0.260 e. The molecule has 1 fully saturated rings. The van der Waals surface area contributed by atoms with Gasteiger partial charge in [0.05, 0.1) is 0 Å². The van der Waals surface area contributed by atoms with Crippen LogP contribution in [0.5, 0.6) is 11.6 Å². The lowest BCUT2D eigenvalue weighted by Crippen LogP contribution is -2.67. The Hall–Kier alpha value is -2.89. The summed E-state index contributed by atoms with van der Waals surface area (Å²) in [6, 6.07) is 12.6. The zero-order valence-electron chi connectivity index (χ0n) is 15.8. The van der Waals surface area contributed by atoms with E-state index >= 15 is 0 Å². The van der Waals surface area contributed by atoms with Crippen molar-refractivity contribution in [2.24, 2.45) is 0 Å². The number of hydrogen-bond acceptors (Lipinski definition) is 4. The Kier molecular flexibility index (Phi) is 5.74. The zero-order chi connectivity index (χ0) is 19.3. The summed E-state index contributed by atoms with van der Waals surface area (Å²) in [6.07, 6.45) is 4.16. The quantitative estimate of drug-likeness (QED) is 0.762. The van der Waals surface area contributed by atoms with E-state index in [0.29, 0.717) is 30.8 Å². The van der Waals surface area contributed by atoms with Crippen molar-refractivity contribution in [1.29, 1.82) is 0 Å². The molecule has 0 aliphatic carbocycles. The molecule has 0 spiro atoms. The first-order chi connectivity index (χ1) is 13.1. The van der Waals surface area contributed by atoms with Gasteiger partial charge in [0.2, 0.25) is 11.8 Å². The van der Waals surface area contributed by atoms with Crippen LogP contribution >= 0.6 is 0 Å². The fourth-order valence-corrected chi connectivity index (χ4v) is 3.07. The molecule has 0 bridgehead atoms. The van der Waals surface area contributed by atoms with E-state index in [2.05, 4.69) is 17.2 Å². The summed E-state index contributed by atoms with van der Waals surface area (Å²) in [6.45, 7) is 5.05. The average molecular weight is 367 g/mol. The highest BCUT2D eigenvalue weighted by atomic mass is 16.5. The second-order valence-electron chi connectivity index (χ2n) is 6.86. The van der Waals surface area contributed by atoms with Gasteiger partial charge in [-0.2, -0.15) is 0 Å². The Labute approximate surface area is 159 Å². The third-order valence-corrected chi connectivity index (χ3v) is 4.93. The molecular formula is C21H25N3O3. The number of nitrogens with one attached hydrogen (secondary N) is 1. The molecule has 1 aromatic heterocycles. The monoisotopic (exact) mass is 367 g/mol. The van der Waals surface area contributed by atoms with Gasteiger partial charge in [0, 0.05) is 19.3 Å². The van der Waals surface area contributed by atoms with Crippen LogP contribution in [0.2, 0.25) is 0 Å². The minimum atomic E-state index is -0.829. The molecule has 27 heavy (non-hydrogen) atoms. The van der Waals surface area contributed by atoms with Gasteiger partial charge in [-0.1, -0.05) is 31.5 Å². The van der Waals surface area contributed by atoms with E-state index in [1.54, 1.807) is 35.4 Å². The Morgan fingerprint density at radius 1 is 1.22 bits per heavy atom. The number of amides is 2. The number of hydrogen-bond donors (Lipinski definition) is 1. The van der Waals surface area contributed by atoms with Gasteiger partial charge < -0.3 is 15.0 Å². The summed E-state index contributed by atoms with van der Waals surface area (Å²) in [5, 5.41) is 2.94. The number of ether oxygens (including phenoxy) is 1. The van der Waals surface area contributed by atoms with Gasteiger partial charge in [0.25, 0.3) is 5.91 Å². The van der Waals surface area contributed by atoms with Gasteiger partial charge in [0.1, 0.15) is 16.9 Å². The molecule has 6 heteroatoms. The lowest BCUT2D eigenvalue weighted by atomic mass is 9.84. The van der Waals surface area contributed by atoms with Crippen LogP contribution in [0, 0.1) is 0 Å². The summed E-state index contributed by atoms with van der Waals surface area (Å²) in [7, 11) is 0. The van der Waals surface area contributed by atoms with E-state index in [0.717, 1.165) is 12.8 Å². The molecule has 3 rings (SSSR count). The molecule has 1 aliphatic heterocycles. The summed E-state index contributed by atoms with van der Waals surface area (Å²) in [5.74, 6) is 0.502. The number of unbranched alkanes of at least 4 members (excludes halogenated alkanes) is 1. The lowest BCUT2D eigenvalue weighted by Gasteiger charge is -2.49. The number of carbonyl (C=O) groups excluding carboxylic acids is 2. The molecule has 1 N–H and O–H groups in total. The molecule has 1 saturated heterocycles. The van der Waals surface area contributed by atoms with Crippen LogP contribution in [-0.2, 0) is 4.79 Å². The maximum atomic E-state index is 13.1. The molecule has 0 saturated carbocycles. The molecule has 1 unspecified atom stereocenters. The molecule has 1 aromatic carbocycles. The summed E-state index contributed by atoms with van der Waals surface area (Å²) in [5.41, 5.74) is -0.473. The molecule has 2 heterocycles. The zero-order valence-corrected chi connectivity index (χ0v) is 15.8. The molecule has 142 valence electrons. The first-order valence-electron chi connectivity index (χ1n) is 9.34. The van der Waals surface area contributed by atoms with Crippen molar-refractivity contribution in [3.8, 4) is 11.6 Å². The highest BCUT2D eigenvalue weighted by molar-refractivity contribution is 6.01. The maximum absolute atomic E-state index is 13.1. The number of carbonyl (C=O) groups is 2. The highest BCUT2D eigenvalue weighted by Gasteiger charge is 2.49. The standard InChI is InChI=1S/C21H25N3O3/c1-3-4-13-23-20(26)21(2)12-15-24(21)19(25)17-11-8-14-22-18(17)27-16-9-6-5-7-10-16/h5-11,14H,3-4,12-13,15H2,1-2H3,(H,23,26). The maximum Gasteiger partial charge on any atom is 0.260 e. The third-order valence-electron chi connectivity index (χ3n) is 4.93. The van der Waals surface area contributed by atoms with Crippen molar-refractivity contribution < 1.29 is 14.3 Å². The Bertz CT molecular complexity index is 809. The van der Waals surface area contributed by atoms with Crippen molar-refractivity contribution in [1.82, 2.24) is 15.2 Å². The van der Waals surface area contributed by atoms with E-state index in [9.17, 15) is 9.59 Å². The Morgan fingerprint density at radius 3 is 2.67 bits per heavy atom. The summed E-state index contributed by atoms with van der Waals surface area (Å²) >= 11 is 0. The molecule has 2 amide bonds.